The van der Waals surface area contributed by atoms with Crippen LogP contribution in [0.1, 0.15) is 25.8 Å². The van der Waals surface area contributed by atoms with E-state index >= 15 is 0 Å². The molecule has 3 N–H and O–H groups in total. The lowest BCUT2D eigenvalue weighted by molar-refractivity contribution is -0.142. The minimum absolute atomic E-state index is 0.160. The molecule has 2 aromatic rings. The molecule has 134 valence electrons. The number of carboxylic acids is 2. The first-order chi connectivity index (χ1) is 11.9. The van der Waals surface area contributed by atoms with Gasteiger partial charge in [0.25, 0.3) is 0 Å². The standard InChI is InChI=1S/C19H23NO4S/c1-12(2)9-16(18(21)22)20-17(19(23)24)10-13-3-5-14(6-4-13)15-7-8-25-11-15/h3-8,11-12,16-17,20H,9-10H2,1-2H3,(H,21,22)(H,23,24)/t16?,17-/m0/s1. The number of aliphatic carboxylic acids is 2. The molecule has 1 aromatic heterocycles. The Morgan fingerprint density at radius 2 is 1.64 bits per heavy atom. The average Bonchev–Trinajstić information content (AvgIpc) is 3.07. The Morgan fingerprint density at radius 1 is 1.00 bits per heavy atom. The van der Waals surface area contributed by atoms with Crippen LogP contribution in [-0.4, -0.2) is 34.2 Å². The lowest BCUT2D eigenvalue weighted by Gasteiger charge is -2.21. The van der Waals surface area contributed by atoms with Crippen molar-refractivity contribution in [2.45, 2.75) is 38.8 Å². The Balaban J connectivity index is 2.08. The highest BCUT2D eigenvalue weighted by Gasteiger charge is 2.26. The molecular formula is C19H23NO4S. The van der Waals surface area contributed by atoms with E-state index in [4.69, 9.17) is 0 Å². The first kappa shape index (κ1) is 19.1. The summed E-state index contributed by atoms with van der Waals surface area (Å²) in [4.78, 5) is 22.9. The normalized spacial score (nSPS) is 13.6. The third kappa shape index (κ3) is 5.69. The Hall–Kier alpha value is -2.18. The van der Waals surface area contributed by atoms with Gasteiger partial charge in [-0.15, -0.1) is 0 Å². The molecule has 0 aliphatic rings. The molecule has 0 aliphatic carbocycles. The Bertz CT molecular complexity index is 695. The fourth-order valence-corrected chi connectivity index (χ4v) is 3.33. The van der Waals surface area contributed by atoms with E-state index in [0.29, 0.717) is 6.42 Å². The molecule has 6 heteroatoms. The number of rotatable bonds is 9. The highest BCUT2D eigenvalue weighted by molar-refractivity contribution is 7.08. The van der Waals surface area contributed by atoms with E-state index in [1.54, 1.807) is 11.3 Å². The topological polar surface area (TPSA) is 86.6 Å². The zero-order valence-corrected chi connectivity index (χ0v) is 15.1. The van der Waals surface area contributed by atoms with Gasteiger partial charge in [0.2, 0.25) is 0 Å². The number of carbonyl (C=O) groups is 2. The molecule has 0 aliphatic heterocycles. The molecule has 25 heavy (non-hydrogen) atoms. The highest BCUT2D eigenvalue weighted by atomic mass is 32.1. The maximum absolute atomic E-state index is 11.5. The summed E-state index contributed by atoms with van der Waals surface area (Å²) in [5.74, 6) is -1.90. The molecule has 0 saturated carbocycles. The molecule has 0 amide bonds. The second-order valence-electron chi connectivity index (χ2n) is 6.49. The summed E-state index contributed by atoms with van der Waals surface area (Å²) in [6.45, 7) is 3.83. The van der Waals surface area contributed by atoms with Gasteiger partial charge >= 0.3 is 11.9 Å². The Kier molecular flexibility index (Phi) is 6.73. The predicted octanol–water partition coefficient (Wildman–Crippen LogP) is 3.50. The van der Waals surface area contributed by atoms with Gasteiger partial charge in [-0.1, -0.05) is 38.1 Å². The van der Waals surface area contributed by atoms with E-state index in [2.05, 4.69) is 10.7 Å². The predicted molar refractivity (Wildman–Crippen MR) is 98.9 cm³/mol. The molecule has 2 rings (SSSR count). The molecule has 0 radical (unpaired) electrons. The average molecular weight is 361 g/mol. The van der Waals surface area contributed by atoms with Crippen molar-refractivity contribution in [3.05, 3.63) is 46.7 Å². The zero-order valence-electron chi connectivity index (χ0n) is 14.3. The van der Waals surface area contributed by atoms with E-state index in [0.717, 1.165) is 16.7 Å². The van der Waals surface area contributed by atoms with E-state index in [1.165, 1.54) is 0 Å². The number of benzene rings is 1. The van der Waals surface area contributed by atoms with E-state index in [9.17, 15) is 19.8 Å². The summed E-state index contributed by atoms with van der Waals surface area (Å²) in [6, 6.07) is 7.92. The second-order valence-corrected chi connectivity index (χ2v) is 7.27. The van der Waals surface area contributed by atoms with Gasteiger partial charge in [-0.05, 0) is 52.3 Å². The van der Waals surface area contributed by atoms with Crippen molar-refractivity contribution in [3.8, 4) is 11.1 Å². The van der Waals surface area contributed by atoms with E-state index < -0.39 is 24.0 Å². The SMILES string of the molecule is CC(C)CC(N[C@@H](Cc1ccc(-c2ccsc2)cc1)C(=O)O)C(=O)O. The monoisotopic (exact) mass is 361 g/mol. The Morgan fingerprint density at radius 3 is 2.12 bits per heavy atom. The van der Waals surface area contributed by atoms with Crippen LogP contribution in [0, 0.1) is 5.92 Å². The lowest BCUT2D eigenvalue weighted by atomic mass is 9.99. The molecule has 2 atom stereocenters. The van der Waals surface area contributed by atoms with E-state index in [-0.39, 0.29) is 12.3 Å². The van der Waals surface area contributed by atoms with Gasteiger partial charge in [-0.2, -0.15) is 11.3 Å². The number of thiophene rings is 1. The summed E-state index contributed by atoms with van der Waals surface area (Å²) in [5, 5.41) is 25.6. The van der Waals surface area contributed by atoms with Crippen molar-refractivity contribution < 1.29 is 19.8 Å². The number of nitrogens with one attached hydrogen (secondary N) is 1. The third-order valence-electron chi connectivity index (χ3n) is 3.95. The van der Waals surface area contributed by atoms with Gasteiger partial charge in [-0.25, -0.2) is 0 Å². The zero-order chi connectivity index (χ0) is 18.4. The van der Waals surface area contributed by atoms with Crippen LogP contribution in [0.15, 0.2) is 41.1 Å². The van der Waals surface area contributed by atoms with Crippen molar-refractivity contribution in [2.75, 3.05) is 0 Å². The molecule has 1 unspecified atom stereocenters. The molecule has 0 saturated heterocycles. The molecule has 0 fully saturated rings. The maximum Gasteiger partial charge on any atom is 0.321 e. The minimum atomic E-state index is -1.04. The van der Waals surface area contributed by atoms with Crippen LogP contribution in [0.3, 0.4) is 0 Å². The summed E-state index contributed by atoms with van der Waals surface area (Å²) < 4.78 is 0. The minimum Gasteiger partial charge on any atom is -0.480 e. The molecule has 0 bridgehead atoms. The van der Waals surface area contributed by atoms with Crippen molar-refractivity contribution in [1.82, 2.24) is 5.32 Å². The number of carboxylic acid groups (broad SMARTS) is 2. The summed E-state index contributed by atoms with van der Waals surface area (Å²) >= 11 is 1.62. The molecule has 0 spiro atoms. The van der Waals surface area contributed by atoms with Gasteiger partial charge in [-0.3, -0.25) is 14.9 Å². The van der Waals surface area contributed by atoms with Gasteiger partial charge in [0.05, 0.1) is 0 Å². The van der Waals surface area contributed by atoms with Crippen LogP contribution in [-0.2, 0) is 16.0 Å². The molecule has 5 nitrogen and oxygen atoms in total. The van der Waals surface area contributed by atoms with Crippen molar-refractivity contribution in [1.29, 1.82) is 0 Å². The highest BCUT2D eigenvalue weighted by Crippen LogP contribution is 2.22. The molecule has 1 heterocycles. The second kappa shape index (κ2) is 8.78. The van der Waals surface area contributed by atoms with Crippen LogP contribution in [0.4, 0.5) is 0 Å². The van der Waals surface area contributed by atoms with Crippen molar-refractivity contribution in [2.24, 2.45) is 5.92 Å². The van der Waals surface area contributed by atoms with Crippen LogP contribution in [0.25, 0.3) is 11.1 Å². The van der Waals surface area contributed by atoms with Crippen LogP contribution in [0.5, 0.6) is 0 Å². The van der Waals surface area contributed by atoms with Crippen molar-refractivity contribution >= 4 is 23.3 Å². The first-order valence-electron chi connectivity index (χ1n) is 8.20. The maximum atomic E-state index is 11.5. The number of hydrogen-bond donors (Lipinski definition) is 3. The summed E-state index contributed by atoms with van der Waals surface area (Å²) in [5.41, 5.74) is 3.06. The van der Waals surface area contributed by atoms with Crippen LogP contribution >= 0.6 is 11.3 Å². The first-order valence-corrected chi connectivity index (χ1v) is 9.14. The Labute approximate surface area is 151 Å². The lowest BCUT2D eigenvalue weighted by Crippen LogP contribution is -2.48. The molecular weight excluding hydrogens is 338 g/mol. The van der Waals surface area contributed by atoms with E-state index in [1.807, 2.05) is 49.6 Å². The third-order valence-corrected chi connectivity index (χ3v) is 4.64. The summed E-state index contributed by atoms with van der Waals surface area (Å²) in [7, 11) is 0. The fraction of sp³-hybridized carbons (Fsp3) is 0.368. The van der Waals surface area contributed by atoms with Gasteiger partial charge in [0.15, 0.2) is 0 Å². The van der Waals surface area contributed by atoms with Crippen LogP contribution < -0.4 is 5.32 Å². The summed E-state index contributed by atoms with van der Waals surface area (Å²) in [6.07, 6.45) is 0.622. The van der Waals surface area contributed by atoms with Gasteiger partial charge in [0, 0.05) is 0 Å². The fourth-order valence-electron chi connectivity index (χ4n) is 2.67. The van der Waals surface area contributed by atoms with Crippen molar-refractivity contribution in [3.63, 3.8) is 0 Å². The quantitative estimate of drug-likeness (QED) is 0.636. The smallest absolute Gasteiger partial charge is 0.321 e. The van der Waals surface area contributed by atoms with Gasteiger partial charge < -0.3 is 10.2 Å². The van der Waals surface area contributed by atoms with Crippen LogP contribution in [0.2, 0.25) is 0 Å². The largest absolute Gasteiger partial charge is 0.480 e. The molecule has 1 aromatic carbocycles. The van der Waals surface area contributed by atoms with Gasteiger partial charge in [0.1, 0.15) is 12.1 Å². The number of hydrogen-bond acceptors (Lipinski definition) is 4.